The molecule has 1 unspecified atom stereocenters. The van der Waals surface area contributed by atoms with Gasteiger partial charge in [0.1, 0.15) is 6.04 Å². The van der Waals surface area contributed by atoms with Crippen molar-refractivity contribution >= 4 is 17.5 Å². The molecule has 0 aliphatic carbocycles. The molecule has 0 saturated carbocycles. The van der Waals surface area contributed by atoms with E-state index in [1.54, 1.807) is 4.90 Å². The molecule has 114 valence electrons. The summed E-state index contributed by atoms with van der Waals surface area (Å²) in [5.74, 6) is -0.0204. The van der Waals surface area contributed by atoms with Crippen LogP contribution in [0.1, 0.15) is 31.9 Å². The van der Waals surface area contributed by atoms with Crippen LogP contribution in [0.3, 0.4) is 0 Å². The van der Waals surface area contributed by atoms with Crippen LogP contribution in [0, 0.1) is 19.8 Å². The molecule has 1 aliphatic rings. The monoisotopic (exact) mass is 288 g/mol. The minimum absolute atomic E-state index is 0.00366. The molecule has 0 spiro atoms. The van der Waals surface area contributed by atoms with Crippen LogP contribution >= 0.6 is 0 Å². The summed E-state index contributed by atoms with van der Waals surface area (Å²) >= 11 is 0. The van der Waals surface area contributed by atoms with E-state index in [4.69, 9.17) is 0 Å². The van der Waals surface area contributed by atoms with Crippen molar-refractivity contribution in [2.45, 2.75) is 40.7 Å². The normalized spacial score (nSPS) is 19.3. The first kappa shape index (κ1) is 15.5. The maximum Gasteiger partial charge on any atom is 0.249 e. The van der Waals surface area contributed by atoms with Gasteiger partial charge in [-0.3, -0.25) is 9.59 Å². The third-order valence-corrected chi connectivity index (χ3v) is 4.09. The summed E-state index contributed by atoms with van der Waals surface area (Å²) in [5.41, 5.74) is 3.19. The molecule has 4 heteroatoms. The first-order valence-corrected chi connectivity index (χ1v) is 7.52. The second kappa shape index (κ2) is 5.88. The summed E-state index contributed by atoms with van der Waals surface area (Å²) in [6.45, 7) is 10.8. The lowest BCUT2D eigenvalue weighted by atomic mass is 10.0. The molecule has 1 atom stereocenters. The molecule has 0 radical (unpaired) electrons. The minimum atomic E-state index is -0.395. The smallest absolute Gasteiger partial charge is 0.249 e. The Morgan fingerprint density at radius 1 is 1.24 bits per heavy atom. The molecule has 1 aliphatic heterocycles. The number of nitrogens with zero attached hydrogens (tertiary/aromatic N) is 2. The summed E-state index contributed by atoms with van der Waals surface area (Å²) in [7, 11) is 0. The van der Waals surface area contributed by atoms with Crippen molar-refractivity contribution in [3.05, 3.63) is 29.3 Å². The lowest BCUT2D eigenvalue weighted by Crippen LogP contribution is -2.58. The summed E-state index contributed by atoms with van der Waals surface area (Å²) in [5, 5.41) is 0. The third-order valence-electron chi connectivity index (χ3n) is 4.09. The highest BCUT2D eigenvalue weighted by atomic mass is 16.2. The van der Waals surface area contributed by atoms with Crippen LogP contribution in [0.15, 0.2) is 18.2 Å². The first-order chi connectivity index (χ1) is 9.82. The largest absolute Gasteiger partial charge is 0.329 e. The summed E-state index contributed by atoms with van der Waals surface area (Å²) < 4.78 is 0. The molecule has 0 aromatic heterocycles. The topological polar surface area (TPSA) is 40.6 Å². The Morgan fingerprint density at radius 3 is 2.52 bits per heavy atom. The number of amides is 2. The highest BCUT2D eigenvalue weighted by Crippen LogP contribution is 2.25. The van der Waals surface area contributed by atoms with E-state index in [9.17, 15) is 9.59 Å². The molecule has 1 fully saturated rings. The predicted molar refractivity (Wildman–Crippen MR) is 84.3 cm³/mol. The first-order valence-electron chi connectivity index (χ1n) is 7.52. The Labute approximate surface area is 126 Å². The van der Waals surface area contributed by atoms with Gasteiger partial charge in [-0.25, -0.2) is 0 Å². The number of hydrogen-bond donors (Lipinski definition) is 0. The third kappa shape index (κ3) is 2.94. The van der Waals surface area contributed by atoms with E-state index < -0.39 is 6.04 Å². The van der Waals surface area contributed by atoms with E-state index in [-0.39, 0.29) is 17.7 Å². The van der Waals surface area contributed by atoms with Gasteiger partial charge >= 0.3 is 0 Å². The van der Waals surface area contributed by atoms with Gasteiger partial charge < -0.3 is 9.80 Å². The van der Waals surface area contributed by atoms with Gasteiger partial charge in [0.2, 0.25) is 11.8 Å². The molecule has 1 saturated heterocycles. The van der Waals surface area contributed by atoms with Crippen molar-refractivity contribution in [3.63, 3.8) is 0 Å². The lowest BCUT2D eigenvalue weighted by Gasteiger charge is -2.40. The number of carbonyl (C=O) groups is 2. The molecular formula is C17H24N2O2. The number of benzene rings is 1. The highest BCUT2D eigenvalue weighted by Gasteiger charge is 2.35. The van der Waals surface area contributed by atoms with E-state index in [1.165, 1.54) is 0 Å². The minimum Gasteiger partial charge on any atom is -0.329 e. The van der Waals surface area contributed by atoms with Crippen molar-refractivity contribution in [1.29, 1.82) is 0 Å². The van der Waals surface area contributed by atoms with Gasteiger partial charge in [0.25, 0.3) is 0 Å². The fourth-order valence-corrected chi connectivity index (χ4v) is 2.75. The standard InChI is InChI=1S/C17H24N2O2/c1-11(2)16(20)18-8-9-19(17(21)14(18)5)15-10-12(3)6-7-13(15)4/h6-7,10-11,14H,8-9H2,1-5H3. The Morgan fingerprint density at radius 2 is 1.90 bits per heavy atom. The maximum absolute atomic E-state index is 12.7. The SMILES string of the molecule is Cc1ccc(C)c(N2CCN(C(=O)C(C)C)C(C)C2=O)c1. The zero-order chi connectivity index (χ0) is 15.7. The van der Waals surface area contributed by atoms with Crippen molar-refractivity contribution in [2.24, 2.45) is 5.92 Å². The van der Waals surface area contributed by atoms with Crippen LogP contribution in [-0.2, 0) is 9.59 Å². The average molecular weight is 288 g/mol. The molecular weight excluding hydrogens is 264 g/mol. The van der Waals surface area contributed by atoms with Crippen LogP contribution in [0.5, 0.6) is 0 Å². The second-order valence-corrected chi connectivity index (χ2v) is 6.14. The van der Waals surface area contributed by atoms with Crippen LogP contribution in [0.25, 0.3) is 0 Å². The Hall–Kier alpha value is -1.84. The summed E-state index contributed by atoms with van der Waals surface area (Å²) in [6, 6.07) is 5.73. The van der Waals surface area contributed by atoms with Crippen LogP contribution in [0.4, 0.5) is 5.69 Å². The van der Waals surface area contributed by atoms with E-state index in [0.29, 0.717) is 13.1 Å². The van der Waals surface area contributed by atoms with Gasteiger partial charge in [0, 0.05) is 24.7 Å². The zero-order valence-electron chi connectivity index (χ0n) is 13.5. The number of carbonyl (C=O) groups excluding carboxylic acids is 2. The average Bonchev–Trinajstić information content (AvgIpc) is 2.44. The van der Waals surface area contributed by atoms with Crippen LogP contribution in [-0.4, -0.2) is 35.8 Å². The second-order valence-electron chi connectivity index (χ2n) is 6.14. The molecule has 1 heterocycles. The Bertz CT molecular complexity index is 566. The van der Waals surface area contributed by atoms with E-state index >= 15 is 0 Å². The van der Waals surface area contributed by atoms with Crippen LogP contribution in [0.2, 0.25) is 0 Å². The highest BCUT2D eigenvalue weighted by molar-refractivity contribution is 6.00. The van der Waals surface area contributed by atoms with Crippen LogP contribution < -0.4 is 4.90 Å². The number of rotatable bonds is 2. The molecule has 21 heavy (non-hydrogen) atoms. The molecule has 2 amide bonds. The number of aryl methyl sites for hydroxylation is 2. The Kier molecular flexibility index (Phi) is 4.35. The predicted octanol–water partition coefficient (Wildman–Crippen LogP) is 2.52. The van der Waals surface area contributed by atoms with E-state index in [0.717, 1.165) is 16.8 Å². The van der Waals surface area contributed by atoms with Crippen molar-refractivity contribution in [3.8, 4) is 0 Å². The van der Waals surface area contributed by atoms with Crippen molar-refractivity contribution in [2.75, 3.05) is 18.0 Å². The van der Waals surface area contributed by atoms with Gasteiger partial charge in [0.15, 0.2) is 0 Å². The van der Waals surface area contributed by atoms with Gasteiger partial charge in [-0.05, 0) is 38.0 Å². The molecule has 2 rings (SSSR count). The van der Waals surface area contributed by atoms with Gasteiger partial charge in [-0.15, -0.1) is 0 Å². The molecule has 1 aromatic carbocycles. The fourth-order valence-electron chi connectivity index (χ4n) is 2.75. The number of piperazine rings is 1. The van der Waals surface area contributed by atoms with E-state index in [1.807, 2.05) is 57.7 Å². The summed E-state index contributed by atoms with van der Waals surface area (Å²) in [4.78, 5) is 28.4. The fraction of sp³-hybridized carbons (Fsp3) is 0.529. The Balaban J connectivity index is 2.26. The number of hydrogen-bond acceptors (Lipinski definition) is 2. The van der Waals surface area contributed by atoms with E-state index in [2.05, 4.69) is 0 Å². The molecule has 4 nitrogen and oxygen atoms in total. The van der Waals surface area contributed by atoms with Crippen molar-refractivity contribution < 1.29 is 9.59 Å². The van der Waals surface area contributed by atoms with Gasteiger partial charge in [-0.2, -0.15) is 0 Å². The quantitative estimate of drug-likeness (QED) is 0.839. The van der Waals surface area contributed by atoms with Gasteiger partial charge in [-0.1, -0.05) is 26.0 Å². The zero-order valence-corrected chi connectivity index (χ0v) is 13.5. The number of anilines is 1. The molecule has 1 aromatic rings. The maximum atomic E-state index is 12.7. The molecule has 0 N–H and O–H groups in total. The van der Waals surface area contributed by atoms with Gasteiger partial charge in [0.05, 0.1) is 0 Å². The summed E-state index contributed by atoms with van der Waals surface area (Å²) in [6.07, 6.45) is 0. The lowest BCUT2D eigenvalue weighted by molar-refractivity contribution is -0.143. The molecule has 0 bridgehead atoms. The van der Waals surface area contributed by atoms with Crippen molar-refractivity contribution in [1.82, 2.24) is 4.90 Å².